The Balaban J connectivity index is 1.59. The average Bonchev–Trinajstić information content (AvgIpc) is 3.47. The van der Waals surface area contributed by atoms with Crippen molar-refractivity contribution in [1.82, 2.24) is 9.97 Å². The Kier molecular flexibility index (Phi) is 8.73. The zero-order chi connectivity index (χ0) is 28.8. The van der Waals surface area contributed by atoms with Crippen molar-refractivity contribution < 1.29 is 31.8 Å². The van der Waals surface area contributed by atoms with E-state index in [1.807, 2.05) is 18.2 Å². The first kappa shape index (κ1) is 28.6. The molecule has 0 unspecified atom stereocenters. The fourth-order valence-corrected chi connectivity index (χ4v) is 4.91. The third kappa shape index (κ3) is 6.97. The van der Waals surface area contributed by atoms with Crippen LogP contribution < -0.4 is 14.2 Å². The molecule has 0 aliphatic heterocycles. The first-order valence-corrected chi connectivity index (χ1v) is 14.0. The number of hydrogen-bond acceptors (Lipinski definition) is 9. The molecule has 1 N–H and O–H groups in total. The summed E-state index contributed by atoms with van der Waals surface area (Å²) in [6.07, 6.45) is 4.07. The van der Waals surface area contributed by atoms with Crippen LogP contribution in [0.5, 0.6) is 11.6 Å². The molecule has 4 aromatic rings. The quantitative estimate of drug-likeness (QED) is 0.197. The van der Waals surface area contributed by atoms with E-state index in [1.165, 1.54) is 24.9 Å². The number of aromatic nitrogens is 2. The van der Waals surface area contributed by atoms with E-state index in [9.17, 15) is 13.2 Å². The van der Waals surface area contributed by atoms with Crippen LogP contribution in [0.1, 0.15) is 47.8 Å². The zero-order valence-electron chi connectivity index (χ0n) is 22.7. The summed E-state index contributed by atoms with van der Waals surface area (Å²) in [4.78, 5) is 20.6. The van der Waals surface area contributed by atoms with Gasteiger partial charge < -0.3 is 18.6 Å². The Labute approximate surface area is 233 Å². The number of carbonyl (C=O) groups is 1. The molecular formula is C29H31N3O7S. The first-order valence-electron chi connectivity index (χ1n) is 12.5. The highest BCUT2D eigenvalue weighted by molar-refractivity contribution is 7.92. The van der Waals surface area contributed by atoms with Gasteiger partial charge >= 0.3 is 5.97 Å². The molecule has 0 fully saturated rings. The summed E-state index contributed by atoms with van der Waals surface area (Å²) in [6.45, 7) is 6.07. The Hall–Kier alpha value is -4.38. The summed E-state index contributed by atoms with van der Waals surface area (Å²) in [5.74, 6) is 0.255. The number of hydrogen-bond donors (Lipinski definition) is 1. The van der Waals surface area contributed by atoms with Gasteiger partial charge in [0, 0.05) is 6.42 Å². The lowest BCUT2D eigenvalue weighted by Crippen LogP contribution is -2.18. The molecule has 4 rings (SSSR count). The summed E-state index contributed by atoms with van der Waals surface area (Å²) < 4.78 is 50.7. The Morgan fingerprint density at radius 2 is 1.75 bits per heavy atom. The van der Waals surface area contributed by atoms with Crippen LogP contribution in [0.25, 0.3) is 0 Å². The van der Waals surface area contributed by atoms with E-state index >= 15 is 0 Å². The molecule has 0 aliphatic carbocycles. The van der Waals surface area contributed by atoms with Gasteiger partial charge in [0.25, 0.3) is 10.0 Å². The number of para-hydroxylation sites is 1. The van der Waals surface area contributed by atoms with E-state index in [1.54, 1.807) is 37.4 Å². The number of nitrogens with zero attached hydrogens (tertiary/aromatic N) is 2. The molecule has 0 bridgehead atoms. The van der Waals surface area contributed by atoms with Crippen molar-refractivity contribution >= 4 is 21.8 Å². The van der Waals surface area contributed by atoms with Crippen molar-refractivity contribution in [3.8, 4) is 11.6 Å². The van der Waals surface area contributed by atoms with Crippen LogP contribution >= 0.6 is 0 Å². The number of rotatable bonds is 11. The third-order valence-electron chi connectivity index (χ3n) is 6.04. The second kappa shape index (κ2) is 12.2. The van der Waals surface area contributed by atoms with Gasteiger partial charge in [-0.3, -0.25) is 4.72 Å². The van der Waals surface area contributed by atoms with Gasteiger partial charge in [-0.25, -0.2) is 23.2 Å². The molecular weight excluding hydrogens is 534 g/mol. The Morgan fingerprint density at radius 3 is 2.42 bits per heavy atom. The molecule has 10 nitrogen and oxygen atoms in total. The largest absolute Gasteiger partial charge is 0.496 e. The van der Waals surface area contributed by atoms with E-state index in [0.29, 0.717) is 11.3 Å². The monoisotopic (exact) mass is 565 g/mol. The fourth-order valence-electron chi connectivity index (χ4n) is 3.86. The predicted octanol–water partition coefficient (Wildman–Crippen LogP) is 5.00. The molecule has 0 saturated carbocycles. The minimum absolute atomic E-state index is 0.0278. The molecule has 40 heavy (non-hydrogen) atoms. The maximum absolute atomic E-state index is 13.3. The van der Waals surface area contributed by atoms with Gasteiger partial charge in [0.15, 0.2) is 5.82 Å². The van der Waals surface area contributed by atoms with Crippen molar-refractivity contribution in [2.24, 2.45) is 0 Å². The van der Waals surface area contributed by atoms with Crippen molar-refractivity contribution in [1.29, 1.82) is 0 Å². The second-order valence-electron chi connectivity index (χ2n) is 9.87. The standard InChI is InChI=1S/C29H31N3O7S/c1-29(2,3)22-9-11-23(12-10-22)40(34,35)32-26-24(17-20-7-5-6-8-25(20)36-4)27(31-19-30-26)38-15-16-39-28(33)21-13-14-37-18-21/h5-14,18-19H,15-17H2,1-4H3,(H,30,31,32). The zero-order valence-corrected chi connectivity index (χ0v) is 23.5. The van der Waals surface area contributed by atoms with Crippen molar-refractivity contribution in [2.45, 2.75) is 37.5 Å². The molecule has 0 atom stereocenters. The van der Waals surface area contributed by atoms with Crippen LogP contribution in [-0.2, 0) is 26.6 Å². The number of methoxy groups -OCH3 is 1. The number of benzene rings is 2. The molecule has 0 saturated heterocycles. The normalized spacial score (nSPS) is 11.6. The summed E-state index contributed by atoms with van der Waals surface area (Å²) in [7, 11) is -2.44. The third-order valence-corrected chi connectivity index (χ3v) is 7.39. The van der Waals surface area contributed by atoms with Gasteiger partial charge in [0.2, 0.25) is 5.88 Å². The lowest BCUT2D eigenvalue weighted by molar-refractivity contribution is 0.0446. The molecule has 0 aliphatic rings. The summed E-state index contributed by atoms with van der Waals surface area (Å²) in [5.41, 5.74) is 2.33. The number of ether oxygens (including phenoxy) is 3. The molecule has 0 radical (unpaired) electrons. The highest BCUT2D eigenvalue weighted by Gasteiger charge is 2.23. The summed E-state index contributed by atoms with van der Waals surface area (Å²) in [5, 5.41) is 0. The van der Waals surface area contributed by atoms with E-state index in [4.69, 9.17) is 18.6 Å². The van der Waals surface area contributed by atoms with Crippen LogP contribution in [-0.4, -0.2) is 44.7 Å². The summed E-state index contributed by atoms with van der Waals surface area (Å²) >= 11 is 0. The maximum Gasteiger partial charge on any atom is 0.341 e. The first-order chi connectivity index (χ1) is 19.1. The van der Waals surface area contributed by atoms with Gasteiger partial charge in [-0.05, 0) is 40.8 Å². The number of nitrogens with one attached hydrogen (secondary N) is 1. The molecule has 0 spiro atoms. The molecule has 210 valence electrons. The number of esters is 1. The van der Waals surface area contributed by atoms with E-state index in [0.717, 1.165) is 11.1 Å². The SMILES string of the molecule is COc1ccccc1Cc1c(NS(=O)(=O)c2ccc(C(C)(C)C)cc2)ncnc1OCCOC(=O)c1ccoc1. The average molecular weight is 566 g/mol. The molecule has 2 aromatic carbocycles. The molecule has 2 aromatic heterocycles. The van der Waals surface area contributed by atoms with Gasteiger partial charge in [0.05, 0.1) is 29.4 Å². The van der Waals surface area contributed by atoms with Crippen LogP contribution in [0.3, 0.4) is 0 Å². The number of furan rings is 1. The molecule has 11 heteroatoms. The minimum Gasteiger partial charge on any atom is -0.496 e. The number of carbonyl (C=O) groups excluding carboxylic acids is 1. The van der Waals surface area contributed by atoms with Crippen molar-refractivity contribution in [2.75, 3.05) is 25.0 Å². The number of sulfonamides is 1. The van der Waals surface area contributed by atoms with Crippen LogP contribution in [0.4, 0.5) is 5.82 Å². The van der Waals surface area contributed by atoms with Crippen LogP contribution in [0, 0.1) is 0 Å². The minimum atomic E-state index is -3.99. The maximum atomic E-state index is 13.3. The smallest absolute Gasteiger partial charge is 0.341 e. The highest BCUT2D eigenvalue weighted by Crippen LogP contribution is 2.31. The Morgan fingerprint density at radius 1 is 1.00 bits per heavy atom. The molecule has 0 amide bonds. The van der Waals surface area contributed by atoms with Gasteiger partial charge in [-0.15, -0.1) is 0 Å². The lowest BCUT2D eigenvalue weighted by Gasteiger charge is -2.19. The lowest BCUT2D eigenvalue weighted by atomic mass is 9.87. The number of anilines is 1. The predicted molar refractivity (Wildman–Crippen MR) is 148 cm³/mol. The van der Waals surface area contributed by atoms with Crippen LogP contribution in [0.15, 0.2) is 82.8 Å². The van der Waals surface area contributed by atoms with Crippen molar-refractivity contribution in [3.05, 3.63) is 95.7 Å². The summed E-state index contributed by atoms with van der Waals surface area (Å²) in [6, 6.07) is 15.5. The van der Waals surface area contributed by atoms with Crippen molar-refractivity contribution in [3.63, 3.8) is 0 Å². The van der Waals surface area contributed by atoms with E-state index in [-0.39, 0.29) is 47.2 Å². The van der Waals surface area contributed by atoms with Gasteiger partial charge in [-0.1, -0.05) is 51.1 Å². The topological polar surface area (TPSA) is 130 Å². The van der Waals surface area contributed by atoms with Crippen LogP contribution in [0.2, 0.25) is 0 Å². The second-order valence-corrected chi connectivity index (χ2v) is 11.6. The Bertz CT molecular complexity index is 1550. The highest BCUT2D eigenvalue weighted by atomic mass is 32.2. The van der Waals surface area contributed by atoms with E-state index in [2.05, 4.69) is 35.5 Å². The van der Waals surface area contributed by atoms with Gasteiger partial charge in [0.1, 0.15) is 31.6 Å². The fraction of sp³-hybridized carbons (Fsp3) is 0.276. The van der Waals surface area contributed by atoms with E-state index < -0.39 is 16.0 Å². The molecule has 2 heterocycles. The van der Waals surface area contributed by atoms with Gasteiger partial charge in [-0.2, -0.15) is 0 Å².